The van der Waals surface area contributed by atoms with Crippen LogP contribution in [0.2, 0.25) is 5.02 Å². The van der Waals surface area contributed by atoms with Crippen molar-refractivity contribution >= 4 is 29.3 Å². The van der Waals surface area contributed by atoms with E-state index in [0.717, 1.165) is 16.9 Å². The van der Waals surface area contributed by atoms with Gasteiger partial charge in [-0.3, -0.25) is 4.79 Å². The van der Waals surface area contributed by atoms with E-state index < -0.39 is 5.91 Å². The molecule has 1 amide bonds. The quantitative estimate of drug-likeness (QED) is 0.561. The zero-order valence-electron chi connectivity index (χ0n) is 15.0. The van der Waals surface area contributed by atoms with Gasteiger partial charge in [-0.25, -0.2) is 0 Å². The molecule has 5 heteroatoms. The summed E-state index contributed by atoms with van der Waals surface area (Å²) in [6.07, 6.45) is 1.54. The largest absolute Gasteiger partial charge is 0.493 e. The highest BCUT2D eigenvalue weighted by atomic mass is 35.5. The molecule has 0 fully saturated rings. The van der Waals surface area contributed by atoms with Crippen molar-refractivity contribution in [1.82, 2.24) is 0 Å². The number of benzene rings is 2. The van der Waals surface area contributed by atoms with E-state index in [1.165, 1.54) is 6.08 Å². The monoisotopic (exact) mass is 368 g/mol. The molecule has 0 saturated heterocycles. The number of ether oxygens (including phenoxy) is 1. The second-order valence-electron chi connectivity index (χ2n) is 6.36. The Hall–Kier alpha value is -2.77. The fourth-order valence-corrected chi connectivity index (χ4v) is 2.29. The fourth-order valence-electron chi connectivity index (χ4n) is 2.11. The van der Waals surface area contributed by atoms with Gasteiger partial charge in [0, 0.05) is 10.7 Å². The lowest BCUT2D eigenvalue weighted by Crippen LogP contribution is -2.13. The molecule has 0 atom stereocenters. The fraction of sp³-hybridized carbons (Fsp3) is 0.238. The lowest BCUT2D eigenvalue weighted by molar-refractivity contribution is -0.112. The number of carbonyl (C=O) groups is 1. The summed E-state index contributed by atoms with van der Waals surface area (Å²) < 4.78 is 5.62. The highest BCUT2D eigenvalue weighted by molar-refractivity contribution is 6.31. The third kappa shape index (κ3) is 5.65. The molecule has 0 radical (unpaired) electrons. The van der Waals surface area contributed by atoms with Crippen molar-refractivity contribution in [1.29, 1.82) is 5.26 Å². The van der Waals surface area contributed by atoms with Crippen LogP contribution in [0.1, 0.15) is 25.0 Å². The highest BCUT2D eigenvalue weighted by Crippen LogP contribution is 2.21. The molecular formula is C21H21ClN2O2. The van der Waals surface area contributed by atoms with E-state index in [-0.39, 0.29) is 5.57 Å². The van der Waals surface area contributed by atoms with E-state index in [4.69, 9.17) is 16.3 Å². The van der Waals surface area contributed by atoms with Crippen LogP contribution in [0, 0.1) is 24.2 Å². The van der Waals surface area contributed by atoms with Gasteiger partial charge in [0.2, 0.25) is 0 Å². The zero-order valence-corrected chi connectivity index (χ0v) is 15.8. The molecule has 0 saturated carbocycles. The summed E-state index contributed by atoms with van der Waals surface area (Å²) >= 11 is 6.06. The number of nitrogens with zero attached hydrogens (tertiary/aromatic N) is 1. The molecule has 26 heavy (non-hydrogen) atoms. The van der Waals surface area contributed by atoms with Crippen LogP contribution < -0.4 is 10.1 Å². The zero-order chi connectivity index (χ0) is 19.1. The van der Waals surface area contributed by atoms with Crippen molar-refractivity contribution in [3.63, 3.8) is 0 Å². The van der Waals surface area contributed by atoms with Crippen LogP contribution in [0.4, 0.5) is 5.69 Å². The van der Waals surface area contributed by atoms with Gasteiger partial charge in [-0.1, -0.05) is 43.6 Å². The molecule has 0 aliphatic heterocycles. The molecule has 0 aliphatic carbocycles. The summed E-state index contributed by atoms with van der Waals surface area (Å²) in [5.74, 6) is 0.722. The van der Waals surface area contributed by atoms with Gasteiger partial charge in [-0.2, -0.15) is 5.26 Å². The van der Waals surface area contributed by atoms with Gasteiger partial charge in [0.25, 0.3) is 5.91 Å². The van der Waals surface area contributed by atoms with Crippen LogP contribution >= 0.6 is 11.6 Å². The second-order valence-corrected chi connectivity index (χ2v) is 6.77. The van der Waals surface area contributed by atoms with Crippen molar-refractivity contribution in [3.05, 3.63) is 64.2 Å². The average molecular weight is 369 g/mol. The number of halogens is 1. The second kappa shape index (κ2) is 9.07. The number of aryl methyl sites for hydroxylation is 1. The van der Waals surface area contributed by atoms with Crippen LogP contribution in [-0.4, -0.2) is 12.5 Å². The van der Waals surface area contributed by atoms with Gasteiger partial charge in [-0.05, 0) is 54.3 Å². The molecule has 0 unspecified atom stereocenters. The van der Waals surface area contributed by atoms with E-state index >= 15 is 0 Å². The highest BCUT2D eigenvalue weighted by Gasteiger charge is 2.10. The SMILES string of the molecule is Cc1ccc(NC(=O)/C(C#N)=C/c2ccc(OCC(C)C)cc2)cc1Cl. The maximum atomic E-state index is 12.3. The van der Waals surface area contributed by atoms with Crippen LogP contribution in [-0.2, 0) is 4.79 Å². The normalized spacial score (nSPS) is 11.2. The van der Waals surface area contributed by atoms with Crippen molar-refractivity contribution in [3.8, 4) is 11.8 Å². The van der Waals surface area contributed by atoms with Crippen LogP contribution in [0.15, 0.2) is 48.0 Å². The summed E-state index contributed by atoms with van der Waals surface area (Å²) in [7, 11) is 0. The van der Waals surface area contributed by atoms with Gasteiger partial charge >= 0.3 is 0 Å². The Morgan fingerprint density at radius 1 is 1.27 bits per heavy atom. The number of rotatable bonds is 6. The molecule has 0 bridgehead atoms. The Kier molecular flexibility index (Phi) is 6.82. The van der Waals surface area contributed by atoms with Crippen LogP contribution in [0.3, 0.4) is 0 Å². The van der Waals surface area contributed by atoms with Crippen molar-refractivity contribution in [2.24, 2.45) is 5.92 Å². The summed E-state index contributed by atoms with van der Waals surface area (Å²) in [6, 6.07) is 14.4. The first-order valence-corrected chi connectivity index (χ1v) is 8.69. The minimum Gasteiger partial charge on any atom is -0.493 e. The number of hydrogen-bond acceptors (Lipinski definition) is 3. The Morgan fingerprint density at radius 3 is 2.54 bits per heavy atom. The molecule has 4 nitrogen and oxygen atoms in total. The van der Waals surface area contributed by atoms with Gasteiger partial charge in [0.15, 0.2) is 0 Å². The first-order valence-electron chi connectivity index (χ1n) is 8.31. The lowest BCUT2D eigenvalue weighted by Gasteiger charge is -2.09. The lowest BCUT2D eigenvalue weighted by atomic mass is 10.1. The first kappa shape index (κ1) is 19.6. The molecule has 2 aromatic carbocycles. The third-order valence-electron chi connectivity index (χ3n) is 3.57. The molecule has 134 valence electrons. The smallest absolute Gasteiger partial charge is 0.266 e. The topological polar surface area (TPSA) is 62.1 Å². The Labute approximate surface area is 159 Å². The van der Waals surface area contributed by atoms with Crippen molar-refractivity contribution < 1.29 is 9.53 Å². The number of anilines is 1. The Balaban J connectivity index is 2.09. The number of amides is 1. The number of nitrogens with one attached hydrogen (secondary N) is 1. The molecule has 0 aliphatic rings. The summed E-state index contributed by atoms with van der Waals surface area (Å²) in [5.41, 5.74) is 2.22. The Bertz CT molecular complexity index is 849. The third-order valence-corrected chi connectivity index (χ3v) is 3.98. The predicted molar refractivity (Wildman–Crippen MR) is 105 cm³/mol. The minimum atomic E-state index is -0.479. The van der Waals surface area contributed by atoms with E-state index in [0.29, 0.717) is 23.2 Å². The molecule has 0 heterocycles. The molecule has 1 N–H and O–H groups in total. The van der Waals surface area contributed by atoms with E-state index in [9.17, 15) is 10.1 Å². The number of carbonyl (C=O) groups excluding carboxylic acids is 1. The number of nitriles is 1. The molecular weight excluding hydrogens is 348 g/mol. The standard InChI is InChI=1S/C21H21ClN2O2/c1-14(2)13-26-19-8-5-16(6-9-19)10-17(12-23)21(25)24-18-7-4-15(3)20(22)11-18/h4-11,14H,13H2,1-3H3,(H,24,25)/b17-10+. The summed E-state index contributed by atoms with van der Waals surface area (Å²) in [5, 5.41) is 12.5. The average Bonchev–Trinajstić information content (AvgIpc) is 2.61. The molecule has 0 spiro atoms. The van der Waals surface area contributed by atoms with Crippen LogP contribution in [0.5, 0.6) is 5.75 Å². The molecule has 2 rings (SSSR count). The van der Waals surface area contributed by atoms with Gasteiger partial charge in [0.1, 0.15) is 17.4 Å². The predicted octanol–water partition coefficient (Wildman–Crippen LogP) is 5.23. The van der Waals surface area contributed by atoms with Gasteiger partial charge in [0.05, 0.1) is 6.61 Å². The maximum absolute atomic E-state index is 12.3. The van der Waals surface area contributed by atoms with Gasteiger partial charge in [-0.15, -0.1) is 0 Å². The molecule has 2 aromatic rings. The van der Waals surface area contributed by atoms with Crippen LogP contribution in [0.25, 0.3) is 6.08 Å². The molecule has 0 aromatic heterocycles. The maximum Gasteiger partial charge on any atom is 0.266 e. The summed E-state index contributed by atoms with van der Waals surface area (Å²) in [4.78, 5) is 12.3. The van der Waals surface area contributed by atoms with E-state index in [1.807, 2.05) is 43.3 Å². The first-order chi connectivity index (χ1) is 12.4. The minimum absolute atomic E-state index is 0.0116. The summed E-state index contributed by atoms with van der Waals surface area (Å²) in [6.45, 7) is 6.68. The Morgan fingerprint density at radius 2 is 1.96 bits per heavy atom. The van der Waals surface area contributed by atoms with Gasteiger partial charge < -0.3 is 10.1 Å². The van der Waals surface area contributed by atoms with E-state index in [1.54, 1.807) is 12.1 Å². The van der Waals surface area contributed by atoms with Crippen molar-refractivity contribution in [2.45, 2.75) is 20.8 Å². The van der Waals surface area contributed by atoms with E-state index in [2.05, 4.69) is 19.2 Å². The number of hydrogen-bond donors (Lipinski definition) is 1. The van der Waals surface area contributed by atoms with Crippen molar-refractivity contribution in [2.75, 3.05) is 11.9 Å².